The Hall–Kier alpha value is -1.96. The van der Waals surface area contributed by atoms with Crippen LogP contribution in [-0.2, 0) is 9.47 Å². The molecule has 7 heteroatoms. The minimum atomic E-state index is -0.0938. The van der Waals surface area contributed by atoms with E-state index in [-0.39, 0.29) is 12.2 Å². The third-order valence-electron chi connectivity index (χ3n) is 4.92. The molecule has 1 aromatic heterocycles. The molecule has 0 unspecified atom stereocenters. The Kier molecular flexibility index (Phi) is 5.19. The fourth-order valence-electron chi connectivity index (χ4n) is 3.50. The number of likely N-dealkylation sites (tertiary alicyclic amines) is 1. The number of thiazole rings is 1. The third kappa shape index (κ3) is 3.47. The van der Waals surface area contributed by atoms with Gasteiger partial charge in [-0.2, -0.15) is 0 Å². The van der Waals surface area contributed by atoms with E-state index in [0.717, 1.165) is 29.2 Å². The number of hydrogen-bond donors (Lipinski definition) is 0. The van der Waals surface area contributed by atoms with E-state index in [4.69, 9.17) is 14.2 Å². The molecule has 0 saturated carbocycles. The van der Waals surface area contributed by atoms with Gasteiger partial charge in [0.15, 0.2) is 6.29 Å². The standard InChI is InChI=1S/C19H22N2O4S/c1-23-16-5-3-2-4-14(16)17-20-15(12-26-17)18(22)21-8-6-13(7-9-21)19-24-10-11-25-19/h2-5,12-13,19H,6-11H2,1H3. The molecule has 2 aliphatic heterocycles. The summed E-state index contributed by atoms with van der Waals surface area (Å²) in [6.07, 6.45) is 1.71. The molecule has 0 atom stereocenters. The van der Waals surface area contributed by atoms with Gasteiger partial charge in [0.2, 0.25) is 0 Å². The van der Waals surface area contributed by atoms with E-state index in [1.165, 1.54) is 11.3 Å². The molecule has 2 fully saturated rings. The number of aromatic nitrogens is 1. The van der Waals surface area contributed by atoms with Crippen LogP contribution in [0.1, 0.15) is 23.3 Å². The van der Waals surface area contributed by atoms with Crippen molar-refractivity contribution in [3.63, 3.8) is 0 Å². The van der Waals surface area contributed by atoms with Gasteiger partial charge in [-0.1, -0.05) is 12.1 Å². The maximum Gasteiger partial charge on any atom is 0.273 e. The van der Waals surface area contributed by atoms with Crippen molar-refractivity contribution in [1.29, 1.82) is 0 Å². The molecule has 2 saturated heterocycles. The molecule has 4 rings (SSSR count). The van der Waals surface area contributed by atoms with Gasteiger partial charge in [-0.25, -0.2) is 4.98 Å². The summed E-state index contributed by atoms with van der Waals surface area (Å²) in [5.74, 6) is 1.13. The first-order valence-corrected chi connectivity index (χ1v) is 9.75. The fraction of sp³-hybridized carbons (Fsp3) is 0.474. The van der Waals surface area contributed by atoms with Gasteiger partial charge in [-0.3, -0.25) is 4.79 Å². The Balaban J connectivity index is 1.42. The maximum absolute atomic E-state index is 12.8. The Morgan fingerprint density at radius 1 is 1.23 bits per heavy atom. The molecule has 26 heavy (non-hydrogen) atoms. The zero-order valence-electron chi connectivity index (χ0n) is 14.7. The quantitative estimate of drug-likeness (QED) is 0.823. The number of carbonyl (C=O) groups is 1. The Morgan fingerprint density at radius 2 is 1.96 bits per heavy atom. The SMILES string of the molecule is COc1ccccc1-c1nc(C(=O)N2CCC(C3OCCO3)CC2)cs1. The summed E-state index contributed by atoms with van der Waals surface area (Å²) in [6.45, 7) is 2.78. The Labute approximate surface area is 156 Å². The zero-order valence-corrected chi connectivity index (χ0v) is 15.5. The predicted octanol–water partition coefficient (Wildman–Crippen LogP) is 3.04. The topological polar surface area (TPSA) is 60.9 Å². The summed E-state index contributed by atoms with van der Waals surface area (Å²) < 4.78 is 16.6. The van der Waals surface area contributed by atoms with Crippen LogP contribution < -0.4 is 4.74 Å². The zero-order chi connectivity index (χ0) is 17.9. The van der Waals surface area contributed by atoms with Crippen molar-refractivity contribution < 1.29 is 19.0 Å². The van der Waals surface area contributed by atoms with Gasteiger partial charge >= 0.3 is 0 Å². The minimum Gasteiger partial charge on any atom is -0.496 e. The van der Waals surface area contributed by atoms with Gasteiger partial charge in [-0.15, -0.1) is 11.3 Å². The van der Waals surface area contributed by atoms with Gasteiger partial charge in [0.1, 0.15) is 16.5 Å². The van der Waals surface area contributed by atoms with Crippen molar-refractivity contribution in [3.8, 4) is 16.3 Å². The number of para-hydroxylation sites is 1. The van der Waals surface area contributed by atoms with Crippen LogP contribution in [0.5, 0.6) is 5.75 Å². The Bertz CT molecular complexity index is 764. The lowest BCUT2D eigenvalue weighted by atomic mass is 9.96. The van der Waals surface area contributed by atoms with Crippen LogP contribution in [0.25, 0.3) is 10.6 Å². The van der Waals surface area contributed by atoms with Crippen LogP contribution in [0.4, 0.5) is 0 Å². The lowest BCUT2D eigenvalue weighted by molar-refractivity contribution is -0.0956. The lowest BCUT2D eigenvalue weighted by Crippen LogP contribution is -2.41. The number of hydrogen-bond acceptors (Lipinski definition) is 6. The molecule has 0 bridgehead atoms. The van der Waals surface area contributed by atoms with E-state index >= 15 is 0 Å². The third-order valence-corrected chi connectivity index (χ3v) is 5.80. The average Bonchev–Trinajstić information content (AvgIpc) is 3.39. The van der Waals surface area contributed by atoms with Crippen LogP contribution in [0, 0.1) is 5.92 Å². The van der Waals surface area contributed by atoms with Crippen molar-refractivity contribution in [1.82, 2.24) is 9.88 Å². The molecule has 1 aromatic carbocycles. The van der Waals surface area contributed by atoms with E-state index in [1.807, 2.05) is 34.5 Å². The highest BCUT2D eigenvalue weighted by atomic mass is 32.1. The van der Waals surface area contributed by atoms with Gasteiger partial charge in [0.25, 0.3) is 5.91 Å². The van der Waals surface area contributed by atoms with Gasteiger partial charge in [-0.05, 0) is 25.0 Å². The van der Waals surface area contributed by atoms with Crippen molar-refractivity contribution >= 4 is 17.2 Å². The second-order valence-electron chi connectivity index (χ2n) is 6.48. The number of ether oxygens (including phenoxy) is 3. The van der Waals surface area contributed by atoms with Gasteiger partial charge < -0.3 is 19.1 Å². The van der Waals surface area contributed by atoms with E-state index in [1.54, 1.807) is 7.11 Å². The van der Waals surface area contributed by atoms with Gasteiger partial charge in [0.05, 0.1) is 25.9 Å². The number of nitrogens with zero attached hydrogens (tertiary/aromatic N) is 2. The summed E-state index contributed by atoms with van der Waals surface area (Å²) in [7, 11) is 1.64. The number of rotatable bonds is 4. The summed E-state index contributed by atoms with van der Waals surface area (Å²) >= 11 is 1.47. The molecule has 2 aromatic rings. The predicted molar refractivity (Wildman–Crippen MR) is 98.4 cm³/mol. The number of carbonyl (C=O) groups excluding carboxylic acids is 1. The Morgan fingerprint density at radius 3 is 2.69 bits per heavy atom. The molecule has 0 radical (unpaired) electrons. The van der Waals surface area contributed by atoms with Crippen LogP contribution in [0.3, 0.4) is 0 Å². The molecule has 138 valence electrons. The second-order valence-corrected chi connectivity index (χ2v) is 7.34. The highest BCUT2D eigenvalue weighted by Gasteiger charge is 2.32. The first kappa shape index (κ1) is 17.5. The molecule has 0 N–H and O–H groups in total. The van der Waals surface area contributed by atoms with Crippen LogP contribution >= 0.6 is 11.3 Å². The molecular weight excluding hydrogens is 352 g/mol. The van der Waals surface area contributed by atoms with Crippen molar-refractivity contribution in [2.24, 2.45) is 5.92 Å². The highest BCUT2D eigenvalue weighted by molar-refractivity contribution is 7.13. The van der Waals surface area contributed by atoms with E-state index in [2.05, 4.69) is 4.98 Å². The highest BCUT2D eigenvalue weighted by Crippen LogP contribution is 2.32. The fourth-order valence-corrected chi connectivity index (χ4v) is 4.33. The summed E-state index contributed by atoms with van der Waals surface area (Å²) in [4.78, 5) is 19.2. The number of benzene rings is 1. The summed E-state index contributed by atoms with van der Waals surface area (Å²) in [6, 6.07) is 7.72. The number of piperidine rings is 1. The van der Waals surface area contributed by atoms with Crippen LogP contribution in [-0.4, -0.2) is 55.5 Å². The normalized spacial score (nSPS) is 19.0. The molecular formula is C19H22N2O4S. The minimum absolute atomic E-state index is 0.00546. The van der Waals surface area contributed by atoms with Gasteiger partial charge in [0, 0.05) is 24.4 Å². The van der Waals surface area contributed by atoms with E-state index < -0.39 is 0 Å². The number of methoxy groups -OCH3 is 1. The van der Waals surface area contributed by atoms with Crippen LogP contribution in [0.2, 0.25) is 0 Å². The van der Waals surface area contributed by atoms with Crippen molar-refractivity contribution in [2.45, 2.75) is 19.1 Å². The van der Waals surface area contributed by atoms with E-state index in [0.29, 0.717) is 37.9 Å². The first-order chi connectivity index (χ1) is 12.8. The maximum atomic E-state index is 12.8. The second kappa shape index (κ2) is 7.73. The summed E-state index contributed by atoms with van der Waals surface area (Å²) in [5, 5.41) is 2.63. The smallest absolute Gasteiger partial charge is 0.273 e. The first-order valence-electron chi connectivity index (χ1n) is 8.87. The van der Waals surface area contributed by atoms with Crippen molar-refractivity contribution in [3.05, 3.63) is 35.3 Å². The summed E-state index contributed by atoms with van der Waals surface area (Å²) in [5.41, 5.74) is 1.41. The molecule has 6 nitrogen and oxygen atoms in total. The van der Waals surface area contributed by atoms with E-state index in [9.17, 15) is 4.79 Å². The molecule has 1 amide bonds. The largest absolute Gasteiger partial charge is 0.496 e. The van der Waals surface area contributed by atoms with Crippen LogP contribution in [0.15, 0.2) is 29.6 Å². The average molecular weight is 374 g/mol. The molecule has 0 aliphatic carbocycles. The molecule has 2 aliphatic rings. The molecule has 0 spiro atoms. The van der Waals surface area contributed by atoms with Crippen molar-refractivity contribution in [2.75, 3.05) is 33.4 Å². The monoisotopic (exact) mass is 374 g/mol. The lowest BCUT2D eigenvalue weighted by Gasteiger charge is -2.33. The molecule has 3 heterocycles. The number of amides is 1.